The molecule has 0 atom stereocenters. The Bertz CT molecular complexity index is 707. The van der Waals surface area contributed by atoms with Crippen LogP contribution in [0.1, 0.15) is 31.9 Å². The van der Waals surface area contributed by atoms with Gasteiger partial charge in [-0.2, -0.15) is 0 Å². The van der Waals surface area contributed by atoms with Gasteiger partial charge in [-0.05, 0) is 23.1 Å². The van der Waals surface area contributed by atoms with Gasteiger partial charge < -0.3 is 0 Å². The number of hydrogen-bond donors (Lipinski definition) is 0. The lowest BCUT2D eigenvalue weighted by Crippen LogP contribution is -2.41. The van der Waals surface area contributed by atoms with Crippen LogP contribution in [0.15, 0.2) is 36.4 Å². The normalized spacial score (nSPS) is 12.5. The molecule has 0 aliphatic carbocycles. The van der Waals surface area contributed by atoms with Crippen LogP contribution >= 0.6 is 11.6 Å². The number of rotatable bonds is 3. The lowest BCUT2D eigenvalue weighted by Gasteiger charge is -2.22. The van der Waals surface area contributed by atoms with Gasteiger partial charge in [0, 0.05) is 5.02 Å². The van der Waals surface area contributed by atoms with Gasteiger partial charge in [0.25, 0.3) is 0 Å². The molecule has 0 spiro atoms. The molecular weight excluding hydrogens is 332 g/mol. The molecule has 0 aliphatic rings. The van der Waals surface area contributed by atoms with Crippen molar-refractivity contribution in [1.82, 2.24) is 0 Å². The van der Waals surface area contributed by atoms with E-state index in [0.717, 1.165) is 5.02 Å². The molecule has 23 heavy (non-hydrogen) atoms. The van der Waals surface area contributed by atoms with Crippen molar-refractivity contribution in [2.45, 2.75) is 52.8 Å². The minimum absolute atomic E-state index is 0.0770. The first kappa shape index (κ1) is 18.5. The third-order valence-electron chi connectivity index (χ3n) is 4.03. The molecule has 3 heteroatoms. The van der Waals surface area contributed by atoms with E-state index >= 15 is 0 Å². The zero-order valence-electron chi connectivity index (χ0n) is 15.3. The summed E-state index contributed by atoms with van der Waals surface area (Å²) in [5.74, 6) is 0. The Kier molecular flexibility index (Phi) is 5.29. The van der Waals surface area contributed by atoms with Crippen LogP contribution in [-0.4, -0.2) is 17.6 Å². The van der Waals surface area contributed by atoms with E-state index in [2.05, 4.69) is 83.7 Å². The van der Waals surface area contributed by atoms with Crippen molar-refractivity contribution in [2.24, 2.45) is 0 Å². The Morgan fingerprint density at radius 3 is 2.22 bits per heavy atom. The zero-order valence-corrected chi connectivity index (χ0v) is 18.1. The standard InChI is InChI=1S/C20H27ClSi2/c1-14-11-15(13-16(12-14)23(5,6)7)22-18-10-8-9-17(19(18)21)20(2,3)4/h8-13H,1-7H3. The van der Waals surface area contributed by atoms with Gasteiger partial charge in [-0.3, -0.25) is 0 Å². The van der Waals surface area contributed by atoms with Crippen molar-refractivity contribution < 1.29 is 0 Å². The summed E-state index contributed by atoms with van der Waals surface area (Å²) in [7, 11) is -0.683. The van der Waals surface area contributed by atoms with Gasteiger partial charge in [0.15, 0.2) is 0 Å². The van der Waals surface area contributed by atoms with Crippen molar-refractivity contribution >= 4 is 44.8 Å². The van der Waals surface area contributed by atoms with E-state index in [9.17, 15) is 0 Å². The van der Waals surface area contributed by atoms with Gasteiger partial charge in [-0.25, -0.2) is 0 Å². The van der Waals surface area contributed by atoms with E-state index in [-0.39, 0.29) is 5.41 Å². The minimum atomic E-state index is -1.30. The molecule has 2 aromatic rings. The molecular formula is C20H27ClSi2. The first-order valence-corrected chi connectivity index (χ1v) is 13.0. The lowest BCUT2D eigenvalue weighted by atomic mass is 9.87. The van der Waals surface area contributed by atoms with E-state index in [0.29, 0.717) is 9.52 Å². The molecule has 0 nitrogen and oxygen atoms in total. The second kappa shape index (κ2) is 6.58. The van der Waals surface area contributed by atoms with Gasteiger partial charge in [0.1, 0.15) is 9.52 Å². The second-order valence-electron chi connectivity index (χ2n) is 8.38. The highest BCUT2D eigenvalue weighted by atomic mass is 35.5. The third-order valence-corrected chi connectivity index (χ3v) is 7.88. The molecule has 0 N–H and O–H groups in total. The average molecular weight is 359 g/mol. The highest BCUT2D eigenvalue weighted by Gasteiger charge is 2.20. The van der Waals surface area contributed by atoms with Crippen LogP contribution in [0.2, 0.25) is 24.7 Å². The van der Waals surface area contributed by atoms with E-state index in [1.807, 2.05) is 0 Å². The fraction of sp³-hybridized carbons (Fsp3) is 0.400. The molecule has 0 saturated carbocycles. The largest absolute Gasteiger partial charge is 0.123 e. The summed E-state index contributed by atoms with van der Waals surface area (Å²) in [5, 5.41) is 5.12. The topological polar surface area (TPSA) is 0 Å². The van der Waals surface area contributed by atoms with Crippen molar-refractivity contribution in [2.75, 3.05) is 0 Å². The SMILES string of the molecule is Cc1cc([Si]c2cccc(C(C)(C)C)c2Cl)cc([Si](C)(C)C)c1. The van der Waals surface area contributed by atoms with Crippen LogP contribution in [0, 0.1) is 6.92 Å². The number of aryl methyl sites for hydroxylation is 1. The van der Waals surface area contributed by atoms with Crippen LogP contribution in [0.3, 0.4) is 0 Å². The maximum Gasteiger partial charge on any atom is 0.123 e. The van der Waals surface area contributed by atoms with Gasteiger partial charge in [-0.1, -0.05) is 104 Å². The molecule has 0 amide bonds. The summed E-state index contributed by atoms with van der Waals surface area (Å²) in [6.45, 7) is 16.1. The van der Waals surface area contributed by atoms with E-state index in [1.54, 1.807) is 0 Å². The molecule has 0 heterocycles. The van der Waals surface area contributed by atoms with Crippen LogP contribution in [0.4, 0.5) is 0 Å². The summed E-state index contributed by atoms with van der Waals surface area (Å²) in [5.41, 5.74) is 2.67. The van der Waals surface area contributed by atoms with Crippen molar-refractivity contribution in [3.8, 4) is 0 Å². The zero-order chi connectivity index (χ0) is 17.4. The van der Waals surface area contributed by atoms with Crippen LogP contribution in [0.25, 0.3) is 0 Å². The highest BCUT2D eigenvalue weighted by Crippen LogP contribution is 2.27. The number of hydrogen-bond acceptors (Lipinski definition) is 0. The first-order valence-electron chi connectivity index (χ1n) is 8.17. The average Bonchev–Trinajstić information content (AvgIpc) is 2.38. The first-order chi connectivity index (χ1) is 10.5. The van der Waals surface area contributed by atoms with Gasteiger partial charge in [0.2, 0.25) is 0 Å². The summed E-state index contributed by atoms with van der Waals surface area (Å²) >= 11 is 6.73. The molecule has 0 aliphatic heterocycles. The van der Waals surface area contributed by atoms with Crippen molar-refractivity contribution in [3.63, 3.8) is 0 Å². The van der Waals surface area contributed by atoms with E-state index in [1.165, 1.54) is 26.7 Å². The van der Waals surface area contributed by atoms with Crippen LogP contribution < -0.4 is 15.6 Å². The summed E-state index contributed by atoms with van der Waals surface area (Å²) in [6.07, 6.45) is 0. The smallest absolute Gasteiger partial charge is 0.0842 e. The fourth-order valence-corrected chi connectivity index (χ4v) is 5.86. The van der Waals surface area contributed by atoms with Crippen LogP contribution in [-0.2, 0) is 5.41 Å². The molecule has 0 unspecified atom stereocenters. The number of benzene rings is 2. The van der Waals surface area contributed by atoms with Gasteiger partial charge >= 0.3 is 0 Å². The van der Waals surface area contributed by atoms with Gasteiger partial charge in [0.05, 0.1) is 8.07 Å². The van der Waals surface area contributed by atoms with Crippen LogP contribution in [0.5, 0.6) is 0 Å². The Hall–Kier alpha value is -0.836. The molecule has 0 bridgehead atoms. The molecule has 0 fully saturated rings. The summed E-state index contributed by atoms with van der Waals surface area (Å²) < 4.78 is 0. The predicted molar refractivity (Wildman–Crippen MR) is 109 cm³/mol. The molecule has 0 aromatic heterocycles. The maximum atomic E-state index is 6.73. The molecule has 2 radical (unpaired) electrons. The minimum Gasteiger partial charge on any atom is -0.0842 e. The summed E-state index contributed by atoms with van der Waals surface area (Å²) in [6, 6.07) is 13.5. The third kappa shape index (κ3) is 4.59. The molecule has 2 rings (SSSR count). The van der Waals surface area contributed by atoms with Crippen molar-refractivity contribution in [3.05, 3.63) is 52.5 Å². The van der Waals surface area contributed by atoms with Crippen molar-refractivity contribution in [1.29, 1.82) is 0 Å². The predicted octanol–water partition coefficient (Wildman–Crippen LogP) is 4.15. The van der Waals surface area contributed by atoms with E-state index < -0.39 is 8.07 Å². The molecule has 0 saturated heterocycles. The van der Waals surface area contributed by atoms with Gasteiger partial charge in [-0.15, -0.1) is 0 Å². The second-order valence-corrected chi connectivity index (χ2v) is 15.2. The summed E-state index contributed by atoms with van der Waals surface area (Å²) in [4.78, 5) is 0. The molecule has 2 aromatic carbocycles. The maximum absolute atomic E-state index is 6.73. The molecule has 122 valence electrons. The number of halogens is 1. The highest BCUT2D eigenvalue weighted by molar-refractivity contribution is 6.89. The Labute approximate surface area is 150 Å². The Balaban J connectivity index is 2.43. The lowest BCUT2D eigenvalue weighted by molar-refractivity contribution is 0.591. The Morgan fingerprint density at radius 2 is 1.65 bits per heavy atom. The van der Waals surface area contributed by atoms with E-state index in [4.69, 9.17) is 11.6 Å². The quantitative estimate of drug-likeness (QED) is 0.723. The Morgan fingerprint density at radius 1 is 1.00 bits per heavy atom. The fourth-order valence-electron chi connectivity index (χ4n) is 2.65. The monoisotopic (exact) mass is 358 g/mol.